The summed E-state index contributed by atoms with van der Waals surface area (Å²) >= 11 is 12.0. The van der Waals surface area contributed by atoms with E-state index in [1.165, 1.54) is 11.0 Å². The molecule has 1 aromatic heterocycles. The normalized spacial score (nSPS) is 10.5. The van der Waals surface area contributed by atoms with Crippen molar-refractivity contribution in [3.63, 3.8) is 0 Å². The van der Waals surface area contributed by atoms with Crippen molar-refractivity contribution in [2.24, 2.45) is 0 Å². The highest BCUT2D eigenvalue weighted by Crippen LogP contribution is 2.32. The first-order chi connectivity index (χ1) is 12.2. The van der Waals surface area contributed by atoms with Crippen LogP contribution in [0.2, 0.25) is 10.0 Å². The standard InChI is InChI=1S/C16H12Cl2N4O3/c17-12-5-3-6-13(18)15(12)24-8-9-25-16(23)11-4-1-2-7-14(11)22-10-19-20-21-22/h1-7,10H,8-9H2. The molecule has 0 amide bonds. The molecular weight excluding hydrogens is 367 g/mol. The number of carbonyl (C=O) groups is 1. The fraction of sp³-hybridized carbons (Fsp3) is 0.125. The molecule has 0 saturated carbocycles. The van der Waals surface area contributed by atoms with Crippen LogP contribution >= 0.6 is 23.2 Å². The number of ether oxygens (including phenoxy) is 2. The van der Waals surface area contributed by atoms with Crippen molar-refractivity contribution in [3.8, 4) is 11.4 Å². The van der Waals surface area contributed by atoms with Crippen molar-refractivity contribution < 1.29 is 14.3 Å². The Morgan fingerprint density at radius 2 is 1.80 bits per heavy atom. The second-order valence-corrected chi connectivity index (χ2v) is 5.62. The molecule has 0 unspecified atom stereocenters. The van der Waals surface area contributed by atoms with E-state index in [2.05, 4.69) is 15.5 Å². The number of esters is 1. The van der Waals surface area contributed by atoms with E-state index in [1.54, 1.807) is 42.5 Å². The quantitative estimate of drug-likeness (QED) is 0.484. The molecule has 7 nitrogen and oxygen atoms in total. The van der Waals surface area contributed by atoms with Gasteiger partial charge < -0.3 is 9.47 Å². The lowest BCUT2D eigenvalue weighted by molar-refractivity contribution is 0.0450. The molecule has 25 heavy (non-hydrogen) atoms. The largest absolute Gasteiger partial charge is 0.487 e. The maximum absolute atomic E-state index is 12.3. The summed E-state index contributed by atoms with van der Waals surface area (Å²) in [7, 11) is 0. The fourth-order valence-corrected chi connectivity index (χ4v) is 2.60. The molecule has 0 radical (unpaired) electrons. The zero-order chi connectivity index (χ0) is 17.6. The average Bonchev–Trinajstić information content (AvgIpc) is 3.15. The van der Waals surface area contributed by atoms with Crippen LogP contribution in [-0.2, 0) is 4.74 Å². The molecule has 0 fully saturated rings. The maximum Gasteiger partial charge on any atom is 0.340 e. The molecule has 0 saturated heterocycles. The summed E-state index contributed by atoms with van der Waals surface area (Å²) in [5, 5.41) is 11.7. The molecule has 3 aromatic rings. The summed E-state index contributed by atoms with van der Waals surface area (Å²) in [6.45, 7) is 0.145. The Labute approximate surface area is 153 Å². The molecule has 1 heterocycles. The number of aromatic nitrogens is 4. The van der Waals surface area contributed by atoms with Gasteiger partial charge in [-0.25, -0.2) is 4.79 Å². The molecule has 9 heteroatoms. The van der Waals surface area contributed by atoms with E-state index in [9.17, 15) is 4.79 Å². The molecule has 0 N–H and O–H groups in total. The van der Waals surface area contributed by atoms with Crippen LogP contribution in [-0.4, -0.2) is 39.4 Å². The van der Waals surface area contributed by atoms with Gasteiger partial charge in [-0.05, 0) is 34.7 Å². The van der Waals surface area contributed by atoms with Crippen LogP contribution in [0.3, 0.4) is 0 Å². The van der Waals surface area contributed by atoms with E-state index in [1.807, 2.05) is 0 Å². The van der Waals surface area contributed by atoms with Crippen LogP contribution in [0.1, 0.15) is 10.4 Å². The van der Waals surface area contributed by atoms with Gasteiger partial charge in [0.1, 0.15) is 19.5 Å². The molecule has 0 bridgehead atoms. The van der Waals surface area contributed by atoms with Crippen LogP contribution < -0.4 is 4.74 Å². The van der Waals surface area contributed by atoms with Gasteiger partial charge in [0.05, 0.1) is 21.3 Å². The monoisotopic (exact) mass is 378 g/mol. The third-order valence-electron chi connectivity index (χ3n) is 3.20. The number of rotatable bonds is 6. The van der Waals surface area contributed by atoms with E-state index < -0.39 is 5.97 Å². The molecule has 0 aliphatic heterocycles. The molecule has 0 aliphatic rings. The second kappa shape index (κ2) is 7.96. The number of para-hydroxylation sites is 2. The average molecular weight is 379 g/mol. The lowest BCUT2D eigenvalue weighted by atomic mass is 10.2. The number of benzene rings is 2. The number of hydrogen-bond acceptors (Lipinski definition) is 6. The van der Waals surface area contributed by atoms with E-state index >= 15 is 0 Å². The van der Waals surface area contributed by atoms with Crippen molar-refractivity contribution in [1.29, 1.82) is 0 Å². The topological polar surface area (TPSA) is 79.1 Å². The highest BCUT2D eigenvalue weighted by Gasteiger charge is 2.15. The van der Waals surface area contributed by atoms with Gasteiger partial charge >= 0.3 is 5.97 Å². The molecule has 0 atom stereocenters. The number of nitrogens with zero attached hydrogens (tertiary/aromatic N) is 4. The first-order valence-corrected chi connectivity index (χ1v) is 7.98. The van der Waals surface area contributed by atoms with E-state index in [0.29, 0.717) is 27.0 Å². The minimum Gasteiger partial charge on any atom is -0.487 e. The van der Waals surface area contributed by atoms with Crippen molar-refractivity contribution in [2.45, 2.75) is 0 Å². The third kappa shape index (κ3) is 4.07. The highest BCUT2D eigenvalue weighted by molar-refractivity contribution is 6.37. The van der Waals surface area contributed by atoms with Crippen molar-refractivity contribution >= 4 is 29.2 Å². The summed E-state index contributed by atoms with van der Waals surface area (Å²) in [6.07, 6.45) is 1.40. The fourth-order valence-electron chi connectivity index (χ4n) is 2.09. The smallest absolute Gasteiger partial charge is 0.340 e. The first kappa shape index (κ1) is 17.2. The number of halogens is 2. The summed E-state index contributed by atoms with van der Waals surface area (Å²) < 4.78 is 12.1. The lowest BCUT2D eigenvalue weighted by Gasteiger charge is -2.11. The summed E-state index contributed by atoms with van der Waals surface area (Å²) in [4.78, 5) is 12.3. The number of tetrazole rings is 1. The molecule has 3 rings (SSSR count). The number of carbonyl (C=O) groups excluding carboxylic acids is 1. The highest BCUT2D eigenvalue weighted by atomic mass is 35.5. The van der Waals surface area contributed by atoms with Crippen molar-refractivity contribution in [1.82, 2.24) is 20.2 Å². The number of hydrogen-bond donors (Lipinski definition) is 0. The molecule has 0 spiro atoms. The zero-order valence-corrected chi connectivity index (χ0v) is 14.3. The van der Waals surface area contributed by atoms with Gasteiger partial charge in [-0.3, -0.25) is 0 Å². The van der Waals surface area contributed by atoms with E-state index in [-0.39, 0.29) is 13.2 Å². The predicted octanol–water partition coefficient (Wildman–Crippen LogP) is 3.20. The van der Waals surface area contributed by atoms with Crippen LogP contribution in [0.4, 0.5) is 0 Å². The van der Waals surface area contributed by atoms with E-state index in [4.69, 9.17) is 32.7 Å². The Morgan fingerprint density at radius 1 is 1.04 bits per heavy atom. The predicted molar refractivity (Wildman–Crippen MR) is 91.4 cm³/mol. The van der Waals surface area contributed by atoms with Gasteiger partial charge in [0, 0.05) is 0 Å². The molecule has 2 aromatic carbocycles. The Kier molecular flexibility index (Phi) is 5.47. The lowest BCUT2D eigenvalue weighted by Crippen LogP contribution is -2.15. The van der Waals surface area contributed by atoms with Crippen LogP contribution in [0, 0.1) is 0 Å². The summed E-state index contributed by atoms with van der Waals surface area (Å²) in [5.41, 5.74) is 0.859. The summed E-state index contributed by atoms with van der Waals surface area (Å²) in [5.74, 6) is -0.157. The maximum atomic E-state index is 12.3. The molecule has 128 valence electrons. The molecular formula is C16H12Cl2N4O3. The van der Waals surface area contributed by atoms with E-state index in [0.717, 1.165) is 0 Å². The minimum atomic E-state index is -0.514. The van der Waals surface area contributed by atoms with Gasteiger partial charge in [-0.2, -0.15) is 4.68 Å². The van der Waals surface area contributed by atoms with Crippen LogP contribution in [0.25, 0.3) is 5.69 Å². The van der Waals surface area contributed by atoms with Gasteiger partial charge in [-0.1, -0.05) is 41.4 Å². The van der Waals surface area contributed by atoms with Gasteiger partial charge in [0.25, 0.3) is 0 Å². The zero-order valence-electron chi connectivity index (χ0n) is 12.8. The Balaban J connectivity index is 1.61. The Hall–Kier alpha value is -2.64. The third-order valence-corrected chi connectivity index (χ3v) is 3.80. The van der Waals surface area contributed by atoms with Crippen LogP contribution in [0.5, 0.6) is 5.75 Å². The Bertz CT molecular complexity index is 851. The summed E-state index contributed by atoms with van der Waals surface area (Å²) in [6, 6.07) is 11.9. The van der Waals surface area contributed by atoms with Gasteiger partial charge in [-0.15, -0.1) is 5.10 Å². The van der Waals surface area contributed by atoms with Gasteiger partial charge in [0.15, 0.2) is 5.75 Å². The van der Waals surface area contributed by atoms with Crippen molar-refractivity contribution in [2.75, 3.05) is 13.2 Å². The van der Waals surface area contributed by atoms with Gasteiger partial charge in [0.2, 0.25) is 0 Å². The van der Waals surface area contributed by atoms with Crippen molar-refractivity contribution in [3.05, 3.63) is 64.4 Å². The minimum absolute atomic E-state index is 0.0321. The van der Waals surface area contributed by atoms with Crippen LogP contribution in [0.15, 0.2) is 48.8 Å². The SMILES string of the molecule is O=C(OCCOc1c(Cl)cccc1Cl)c1ccccc1-n1cnnn1. The Morgan fingerprint density at radius 3 is 2.52 bits per heavy atom. The first-order valence-electron chi connectivity index (χ1n) is 7.23. The molecule has 0 aliphatic carbocycles. The second-order valence-electron chi connectivity index (χ2n) is 4.81.